The third-order valence-electron chi connectivity index (χ3n) is 5.09. The highest BCUT2D eigenvalue weighted by atomic mass is 16.7. The zero-order valence-electron chi connectivity index (χ0n) is 16.9. The second kappa shape index (κ2) is 7.31. The molecule has 0 aromatic heterocycles. The van der Waals surface area contributed by atoms with Gasteiger partial charge in [-0.25, -0.2) is 0 Å². The molecule has 0 radical (unpaired) electrons. The van der Waals surface area contributed by atoms with Gasteiger partial charge in [0.25, 0.3) is 11.7 Å². The number of nitrogens with zero attached hydrogens (tertiary/aromatic N) is 5. The molecule has 0 aliphatic carbocycles. The number of carbonyl (C=O) groups is 1. The van der Waals surface area contributed by atoms with Crippen LogP contribution >= 0.6 is 0 Å². The topological polar surface area (TPSA) is 110 Å². The number of hydrazone groups is 1. The zero-order chi connectivity index (χ0) is 22.3. The summed E-state index contributed by atoms with van der Waals surface area (Å²) in [4.78, 5) is 24.2. The molecule has 32 heavy (non-hydrogen) atoms. The van der Waals surface area contributed by atoms with E-state index in [0.29, 0.717) is 22.7 Å². The van der Waals surface area contributed by atoms with Crippen molar-refractivity contribution >= 4 is 35.7 Å². The molecule has 0 spiro atoms. The molecule has 5 rings (SSSR count). The van der Waals surface area contributed by atoms with Crippen molar-refractivity contribution < 1.29 is 23.6 Å². The molecule has 0 saturated carbocycles. The van der Waals surface area contributed by atoms with Gasteiger partial charge in [0.15, 0.2) is 0 Å². The van der Waals surface area contributed by atoms with Crippen LogP contribution in [0.1, 0.15) is 12.5 Å². The van der Waals surface area contributed by atoms with Crippen LogP contribution in [0, 0.1) is 10.1 Å². The van der Waals surface area contributed by atoms with E-state index in [2.05, 4.69) is 10.2 Å². The smallest absolute Gasteiger partial charge is 0.594 e. The Labute approximate surface area is 182 Å². The van der Waals surface area contributed by atoms with Crippen molar-refractivity contribution in [3.05, 3.63) is 94.5 Å². The van der Waals surface area contributed by atoms with Crippen molar-refractivity contribution in [1.29, 1.82) is 0 Å². The first-order chi connectivity index (χ1) is 15.5. The molecule has 2 aliphatic rings. The highest BCUT2D eigenvalue weighted by Crippen LogP contribution is 2.44. The molecular weight excluding hydrogens is 413 g/mol. The predicted molar refractivity (Wildman–Crippen MR) is 115 cm³/mol. The first-order valence-corrected chi connectivity index (χ1v) is 9.79. The third-order valence-corrected chi connectivity index (χ3v) is 5.09. The van der Waals surface area contributed by atoms with Crippen LogP contribution in [0.2, 0.25) is 0 Å². The maximum atomic E-state index is 12.1. The minimum Gasteiger partial charge on any atom is -0.594 e. The summed E-state index contributed by atoms with van der Waals surface area (Å²) in [5.41, 5.74) is 1.72. The highest BCUT2D eigenvalue weighted by molar-refractivity contribution is 6.67. The number of nitro groups is 1. The Bertz CT molecular complexity index is 1300. The van der Waals surface area contributed by atoms with Crippen molar-refractivity contribution in [2.45, 2.75) is 6.92 Å². The van der Waals surface area contributed by atoms with Gasteiger partial charge in [-0.15, -0.1) is 0 Å². The van der Waals surface area contributed by atoms with E-state index in [1.807, 2.05) is 24.3 Å². The maximum absolute atomic E-state index is 12.1. The second-order valence-corrected chi connectivity index (χ2v) is 7.18. The van der Waals surface area contributed by atoms with E-state index >= 15 is 0 Å². The molecule has 0 N–H and O–H groups in total. The van der Waals surface area contributed by atoms with Crippen LogP contribution in [-0.2, 0) is 9.45 Å². The number of azo groups is 1. The number of amidine groups is 1. The third kappa shape index (κ3) is 3.07. The lowest BCUT2D eigenvalue weighted by atomic mass is 9.86. The largest absolute Gasteiger partial charge is 0.822 e. The fourth-order valence-corrected chi connectivity index (χ4v) is 3.73. The normalized spacial score (nSPS) is 18.6. The average molecular weight is 429 g/mol. The van der Waals surface area contributed by atoms with Gasteiger partial charge in [0.05, 0.1) is 4.92 Å². The number of nitro benzene ring substituents is 1. The zero-order valence-corrected chi connectivity index (χ0v) is 16.9. The summed E-state index contributed by atoms with van der Waals surface area (Å²) >= 11 is 0. The Morgan fingerprint density at radius 3 is 2.44 bits per heavy atom. The fourth-order valence-electron chi connectivity index (χ4n) is 3.73. The summed E-state index contributed by atoms with van der Waals surface area (Å²) in [7, 11) is 0. The van der Waals surface area contributed by atoms with E-state index in [4.69, 9.17) is 9.31 Å². The standard InChI is InChI=1S/C21H16BN5O5/c1-15(28)31-22-25(17-7-3-2-4-8-17)23-21(16-11-13-18(14-12-16)27(29)30)24-26(22)19-9-5-6-10-20(19)32-22/h2-14H,1H3. The summed E-state index contributed by atoms with van der Waals surface area (Å²) in [5, 5.41) is 20.3. The SMILES string of the molecule is CC(=O)O[B-]12Oc3ccccc3[N+]1=NC(c1ccc([N+](=O)[O-])cc1)=NN2c1ccccc1. The molecule has 3 aromatic carbocycles. The van der Waals surface area contributed by atoms with Crippen LogP contribution < -0.4 is 9.57 Å². The molecule has 0 bridgehead atoms. The van der Waals surface area contributed by atoms with Gasteiger partial charge >= 0.3 is 6.82 Å². The minimum atomic E-state index is -2.67. The van der Waals surface area contributed by atoms with E-state index < -0.39 is 17.7 Å². The van der Waals surface area contributed by atoms with E-state index in [1.54, 1.807) is 42.5 Å². The van der Waals surface area contributed by atoms with E-state index in [9.17, 15) is 14.9 Å². The molecule has 11 heteroatoms. The predicted octanol–water partition coefficient (Wildman–Crippen LogP) is 3.96. The van der Waals surface area contributed by atoms with Gasteiger partial charge < -0.3 is 9.31 Å². The second-order valence-electron chi connectivity index (χ2n) is 7.18. The van der Waals surface area contributed by atoms with Crippen molar-refractivity contribution in [1.82, 2.24) is 0 Å². The number of anilines is 1. The Morgan fingerprint density at radius 1 is 1.06 bits per heavy atom. The van der Waals surface area contributed by atoms with Crippen molar-refractivity contribution in [3.63, 3.8) is 0 Å². The lowest BCUT2D eigenvalue weighted by Gasteiger charge is -2.38. The van der Waals surface area contributed by atoms with Crippen LogP contribution in [0.3, 0.4) is 0 Å². The molecule has 1 atom stereocenters. The summed E-state index contributed by atoms with van der Waals surface area (Å²) in [6, 6.07) is 22.2. The lowest BCUT2D eigenvalue weighted by Crippen LogP contribution is -2.66. The minimum absolute atomic E-state index is 0.0431. The molecule has 0 saturated heterocycles. The first-order valence-electron chi connectivity index (χ1n) is 9.79. The average Bonchev–Trinajstić information content (AvgIpc) is 3.12. The number of fused-ring (bicyclic) bond motifs is 3. The van der Waals surface area contributed by atoms with Crippen LogP contribution in [0.4, 0.5) is 17.1 Å². The summed E-state index contributed by atoms with van der Waals surface area (Å²) < 4.78 is 13.4. The van der Waals surface area contributed by atoms with Gasteiger partial charge in [-0.2, -0.15) is 9.71 Å². The molecular formula is C21H16BN5O5. The molecule has 0 amide bonds. The van der Waals surface area contributed by atoms with Gasteiger partial charge in [0, 0.05) is 36.4 Å². The van der Waals surface area contributed by atoms with E-state index in [-0.39, 0.29) is 11.5 Å². The molecule has 3 aromatic rings. The van der Waals surface area contributed by atoms with E-state index in [0.717, 1.165) is 0 Å². The number of benzene rings is 3. The van der Waals surface area contributed by atoms with Crippen LogP contribution in [-0.4, -0.2) is 28.2 Å². The number of carbonyl (C=O) groups excluding carboxylic acids is 1. The molecule has 10 nitrogen and oxygen atoms in total. The van der Waals surface area contributed by atoms with Gasteiger partial charge in [0.1, 0.15) is 5.75 Å². The van der Waals surface area contributed by atoms with Crippen LogP contribution in [0.5, 0.6) is 5.75 Å². The highest BCUT2D eigenvalue weighted by Gasteiger charge is 2.66. The van der Waals surface area contributed by atoms with Gasteiger partial charge in [-0.05, 0) is 35.4 Å². The molecule has 158 valence electrons. The summed E-state index contributed by atoms with van der Waals surface area (Å²) in [6.45, 7) is -1.38. The van der Waals surface area contributed by atoms with Crippen LogP contribution in [0.25, 0.3) is 0 Å². The first kappa shape index (κ1) is 19.4. The van der Waals surface area contributed by atoms with Crippen molar-refractivity contribution in [2.24, 2.45) is 10.2 Å². The Balaban J connectivity index is 1.72. The van der Waals surface area contributed by atoms with Crippen molar-refractivity contribution in [2.75, 3.05) is 4.92 Å². The quantitative estimate of drug-likeness (QED) is 0.353. The molecule has 2 heterocycles. The molecule has 0 fully saturated rings. The molecule has 2 aliphatic heterocycles. The number of hydrogen-bond donors (Lipinski definition) is 0. The number of hydrogen-bond acceptors (Lipinski definition) is 8. The Morgan fingerprint density at radius 2 is 1.75 bits per heavy atom. The van der Waals surface area contributed by atoms with Gasteiger partial charge in [-0.3, -0.25) is 19.8 Å². The maximum Gasteiger partial charge on any atom is 0.822 e. The number of rotatable bonds is 4. The Hall–Kier alpha value is -4.54. The lowest BCUT2D eigenvalue weighted by molar-refractivity contribution is -0.398. The molecule has 1 unspecified atom stereocenters. The van der Waals surface area contributed by atoms with Gasteiger partial charge in [-0.1, -0.05) is 30.3 Å². The monoisotopic (exact) mass is 429 g/mol. The number of non-ortho nitro benzene ring substituents is 1. The Kier molecular flexibility index (Phi) is 4.44. The van der Waals surface area contributed by atoms with Crippen LogP contribution in [0.15, 0.2) is 89.1 Å². The fraction of sp³-hybridized carbons (Fsp3) is 0.0476. The summed E-state index contributed by atoms with van der Waals surface area (Å²) in [5.74, 6) is 0.195. The van der Waals surface area contributed by atoms with Gasteiger partial charge in [0.2, 0.25) is 11.5 Å². The summed E-state index contributed by atoms with van der Waals surface area (Å²) in [6.07, 6.45) is 0. The van der Waals surface area contributed by atoms with Crippen molar-refractivity contribution in [3.8, 4) is 5.75 Å². The van der Waals surface area contributed by atoms with E-state index in [1.165, 1.54) is 28.6 Å². The number of para-hydroxylation sites is 3.